The summed E-state index contributed by atoms with van der Waals surface area (Å²) >= 11 is 0. The zero-order valence-electron chi connectivity index (χ0n) is 18.0. The number of aliphatic hydroxyl groups is 1. The Balaban J connectivity index is 1.63. The molecule has 2 fully saturated rings. The second kappa shape index (κ2) is 8.25. The first-order valence-corrected chi connectivity index (χ1v) is 10.6. The van der Waals surface area contributed by atoms with Crippen molar-refractivity contribution in [2.45, 2.75) is 36.8 Å². The van der Waals surface area contributed by atoms with Crippen molar-refractivity contribution in [3.05, 3.63) is 54.1 Å². The number of benzene rings is 1. The Morgan fingerprint density at radius 2 is 1.77 bits per heavy atom. The standard InChI is InChI=1S/C23H28N6O2/c1-27(2)23(18-6-4-3-5-7-18)10-8-22(9-11-23)17-28(21(31)29(22)12-13-30)19-15-25-20(14-24)26-16-19/h3-7,15-16,30H,8-13,17H2,1-2H3/t22-,23-. The van der Waals surface area contributed by atoms with Crippen molar-refractivity contribution in [1.29, 1.82) is 5.26 Å². The first kappa shape index (κ1) is 21.2. The van der Waals surface area contributed by atoms with Crippen LogP contribution in [0.15, 0.2) is 42.7 Å². The summed E-state index contributed by atoms with van der Waals surface area (Å²) in [6, 6.07) is 12.3. The first-order chi connectivity index (χ1) is 15.0. The van der Waals surface area contributed by atoms with Crippen LogP contribution in [0.5, 0.6) is 0 Å². The van der Waals surface area contributed by atoms with E-state index in [9.17, 15) is 9.90 Å². The predicted octanol–water partition coefficient (Wildman–Crippen LogP) is 2.35. The topological polar surface area (TPSA) is 96.6 Å². The van der Waals surface area contributed by atoms with Gasteiger partial charge in [0.05, 0.1) is 36.8 Å². The third-order valence-electron chi connectivity index (χ3n) is 7.04. The molecule has 1 N–H and O–H groups in total. The maximum absolute atomic E-state index is 13.3. The molecule has 1 saturated heterocycles. The van der Waals surface area contributed by atoms with E-state index in [1.807, 2.05) is 17.0 Å². The van der Waals surface area contributed by atoms with Crippen molar-refractivity contribution in [2.24, 2.45) is 0 Å². The van der Waals surface area contributed by atoms with Crippen LogP contribution < -0.4 is 4.90 Å². The smallest absolute Gasteiger partial charge is 0.325 e. The van der Waals surface area contributed by atoms with Crippen LogP contribution in [0.2, 0.25) is 0 Å². The fourth-order valence-electron chi connectivity index (χ4n) is 5.25. The molecule has 0 atom stereocenters. The molecule has 2 aromatic rings. The molecule has 1 aromatic carbocycles. The molecule has 2 heterocycles. The lowest BCUT2D eigenvalue weighted by molar-refractivity contribution is 0.0216. The predicted molar refractivity (Wildman–Crippen MR) is 116 cm³/mol. The molecule has 8 nitrogen and oxygen atoms in total. The highest BCUT2D eigenvalue weighted by Gasteiger charge is 2.54. The highest BCUT2D eigenvalue weighted by Crippen LogP contribution is 2.49. The maximum atomic E-state index is 13.3. The summed E-state index contributed by atoms with van der Waals surface area (Å²) < 4.78 is 0. The Bertz CT molecular complexity index is 962. The molecule has 0 bridgehead atoms. The van der Waals surface area contributed by atoms with E-state index in [2.05, 4.69) is 53.2 Å². The maximum Gasteiger partial charge on any atom is 0.325 e. The van der Waals surface area contributed by atoms with Crippen molar-refractivity contribution in [1.82, 2.24) is 19.8 Å². The summed E-state index contributed by atoms with van der Waals surface area (Å²) in [4.78, 5) is 27.2. The molecule has 4 rings (SSSR count). The zero-order chi connectivity index (χ0) is 22.1. The van der Waals surface area contributed by atoms with Crippen molar-refractivity contribution in [3.8, 4) is 6.07 Å². The number of nitriles is 1. The summed E-state index contributed by atoms with van der Waals surface area (Å²) in [6.45, 7) is 0.745. The molecule has 1 saturated carbocycles. The van der Waals surface area contributed by atoms with Gasteiger partial charge in [-0.3, -0.25) is 9.80 Å². The average molecular weight is 421 g/mol. The second-order valence-electron chi connectivity index (χ2n) is 8.64. The highest BCUT2D eigenvalue weighted by molar-refractivity contribution is 5.95. The Morgan fingerprint density at radius 1 is 1.13 bits per heavy atom. The number of rotatable bonds is 5. The lowest BCUT2D eigenvalue weighted by atomic mass is 9.68. The lowest BCUT2D eigenvalue weighted by Gasteiger charge is -2.51. The van der Waals surface area contributed by atoms with Gasteiger partial charge < -0.3 is 10.0 Å². The molecule has 0 unspecified atom stereocenters. The summed E-state index contributed by atoms with van der Waals surface area (Å²) in [5.41, 5.74) is 1.45. The van der Waals surface area contributed by atoms with Gasteiger partial charge in [-0.15, -0.1) is 0 Å². The monoisotopic (exact) mass is 420 g/mol. The Labute approximate surface area is 182 Å². The van der Waals surface area contributed by atoms with E-state index >= 15 is 0 Å². The minimum absolute atomic E-state index is 0.0774. The van der Waals surface area contributed by atoms with Gasteiger partial charge in [-0.05, 0) is 45.3 Å². The third-order valence-corrected chi connectivity index (χ3v) is 7.04. The van der Waals surface area contributed by atoms with Crippen molar-refractivity contribution in [3.63, 3.8) is 0 Å². The summed E-state index contributed by atoms with van der Waals surface area (Å²) in [5.74, 6) is 0.0774. The fourth-order valence-corrected chi connectivity index (χ4v) is 5.25. The van der Waals surface area contributed by atoms with Gasteiger partial charge in [-0.2, -0.15) is 5.26 Å². The van der Waals surface area contributed by atoms with Gasteiger partial charge >= 0.3 is 6.03 Å². The average Bonchev–Trinajstić information content (AvgIpc) is 3.07. The Hall–Kier alpha value is -3.02. The van der Waals surface area contributed by atoms with Gasteiger partial charge in [-0.1, -0.05) is 30.3 Å². The van der Waals surface area contributed by atoms with E-state index in [-0.39, 0.29) is 29.5 Å². The number of carbonyl (C=O) groups is 1. The van der Waals surface area contributed by atoms with Crippen LogP contribution in [0, 0.1) is 11.3 Å². The van der Waals surface area contributed by atoms with E-state index in [0.717, 1.165) is 25.7 Å². The largest absolute Gasteiger partial charge is 0.395 e. The number of nitrogens with zero attached hydrogens (tertiary/aromatic N) is 6. The van der Waals surface area contributed by atoms with Gasteiger partial charge in [0.25, 0.3) is 0 Å². The normalized spacial score (nSPS) is 26.0. The number of hydrogen-bond acceptors (Lipinski definition) is 6. The van der Waals surface area contributed by atoms with Crippen molar-refractivity contribution >= 4 is 11.7 Å². The van der Waals surface area contributed by atoms with Gasteiger partial charge in [0.1, 0.15) is 6.07 Å². The SMILES string of the molecule is CN(C)[C@]1(c2ccccc2)CC[C@@]2(CC1)CN(c1cnc(C#N)nc1)C(=O)N2CCO. The van der Waals surface area contributed by atoms with Crippen LogP contribution >= 0.6 is 0 Å². The van der Waals surface area contributed by atoms with Crippen LogP contribution in [0.3, 0.4) is 0 Å². The lowest BCUT2D eigenvalue weighted by Crippen LogP contribution is -2.55. The zero-order valence-corrected chi connectivity index (χ0v) is 18.0. The molecule has 2 aliphatic rings. The Kier molecular flexibility index (Phi) is 5.65. The number of anilines is 1. The molecular formula is C23H28N6O2. The summed E-state index contributed by atoms with van der Waals surface area (Å²) in [5, 5.41) is 18.6. The first-order valence-electron chi connectivity index (χ1n) is 10.6. The number of hydrogen-bond donors (Lipinski definition) is 1. The number of urea groups is 1. The highest BCUT2D eigenvalue weighted by atomic mass is 16.3. The van der Waals surface area contributed by atoms with Crippen LogP contribution in [0.25, 0.3) is 0 Å². The molecule has 1 spiro atoms. The quantitative estimate of drug-likeness (QED) is 0.798. The van der Waals surface area contributed by atoms with E-state index < -0.39 is 0 Å². The van der Waals surface area contributed by atoms with E-state index in [1.54, 1.807) is 4.90 Å². The van der Waals surface area contributed by atoms with Crippen LogP contribution in [-0.4, -0.2) is 70.2 Å². The van der Waals surface area contributed by atoms with Gasteiger partial charge in [0.2, 0.25) is 5.82 Å². The Morgan fingerprint density at radius 3 is 2.32 bits per heavy atom. The van der Waals surface area contributed by atoms with Crippen LogP contribution in [0.1, 0.15) is 37.1 Å². The van der Waals surface area contributed by atoms with Gasteiger partial charge in [-0.25, -0.2) is 14.8 Å². The molecule has 2 amide bonds. The summed E-state index contributed by atoms with van der Waals surface area (Å²) in [7, 11) is 4.24. The minimum atomic E-state index is -0.345. The number of aromatic nitrogens is 2. The molecule has 0 radical (unpaired) electrons. The molecule has 1 aliphatic heterocycles. The molecule has 8 heteroatoms. The number of aliphatic hydroxyl groups excluding tert-OH is 1. The molecule has 31 heavy (non-hydrogen) atoms. The van der Waals surface area contributed by atoms with E-state index in [0.29, 0.717) is 18.8 Å². The number of carbonyl (C=O) groups excluding carboxylic acids is 1. The number of β-amino-alcohol motifs (C(OH)–C–C–N with tert-alkyl or cyclic N) is 1. The molecular weight excluding hydrogens is 392 g/mol. The molecule has 1 aromatic heterocycles. The molecule has 162 valence electrons. The molecule has 1 aliphatic carbocycles. The van der Waals surface area contributed by atoms with Crippen LogP contribution in [-0.2, 0) is 5.54 Å². The van der Waals surface area contributed by atoms with Crippen molar-refractivity contribution < 1.29 is 9.90 Å². The third kappa shape index (κ3) is 3.54. The fraction of sp³-hybridized carbons (Fsp3) is 0.478. The summed E-state index contributed by atoms with van der Waals surface area (Å²) in [6.07, 6.45) is 6.54. The second-order valence-corrected chi connectivity index (χ2v) is 8.64. The van der Waals surface area contributed by atoms with E-state index in [1.165, 1.54) is 18.0 Å². The van der Waals surface area contributed by atoms with Gasteiger partial charge in [0.15, 0.2) is 0 Å². The minimum Gasteiger partial charge on any atom is -0.395 e. The van der Waals surface area contributed by atoms with Crippen molar-refractivity contribution in [2.75, 3.05) is 38.7 Å². The van der Waals surface area contributed by atoms with Crippen LogP contribution in [0.4, 0.5) is 10.5 Å². The van der Waals surface area contributed by atoms with Gasteiger partial charge in [0, 0.05) is 12.1 Å². The van der Waals surface area contributed by atoms with E-state index in [4.69, 9.17) is 5.26 Å². The number of amides is 2.